The summed E-state index contributed by atoms with van der Waals surface area (Å²) in [5, 5.41) is 7.33. The van der Waals surface area contributed by atoms with Crippen LogP contribution in [0.2, 0.25) is 0 Å². The van der Waals surface area contributed by atoms with Crippen molar-refractivity contribution in [1.29, 1.82) is 0 Å². The predicted molar refractivity (Wildman–Crippen MR) is 56.7 cm³/mol. The monoisotopic (exact) mass is 252 g/mol. The summed E-state index contributed by atoms with van der Waals surface area (Å²) >= 11 is 0. The Balaban J connectivity index is 4.75. The van der Waals surface area contributed by atoms with Gasteiger partial charge in [-0.3, -0.25) is 9.59 Å². The van der Waals surface area contributed by atoms with E-state index in [1.54, 1.807) is 0 Å². The van der Waals surface area contributed by atoms with Crippen molar-refractivity contribution >= 4 is 21.8 Å². The standard InChI is InChI=1S/C9H16O6S/c1-6(2)8(9(11)12)16(13,14)5-4-7(10)15-3/h6,8H,4-5H2,1-3H3,(H,11,12). The Labute approximate surface area is 94.5 Å². The minimum absolute atomic E-state index is 0.324. The zero-order valence-electron chi connectivity index (χ0n) is 9.47. The highest BCUT2D eigenvalue weighted by atomic mass is 32.2. The second kappa shape index (κ2) is 5.83. The molecule has 0 aliphatic rings. The summed E-state index contributed by atoms with van der Waals surface area (Å²) in [5.74, 6) is -3.11. The lowest BCUT2D eigenvalue weighted by Crippen LogP contribution is -2.37. The molecule has 94 valence electrons. The molecule has 16 heavy (non-hydrogen) atoms. The molecule has 0 aliphatic carbocycles. The summed E-state index contributed by atoms with van der Waals surface area (Å²) < 4.78 is 27.6. The highest BCUT2D eigenvalue weighted by Crippen LogP contribution is 2.14. The third-order valence-electron chi connectivity index (χ3n) is 2.05. The van der Waals surface area contributed by atoms with E-state index >= 15 is 0 Å². The number of carboxylic acid groups (broad SMARTS) is 1. The molecule has 0 saturated heterocycles. The number of carbonyl (C=O) groups excluding carboxylic acids is 1. The van der Waals surface area contributed by atoms with Crippen molar-refractivity contribution in [3.05, 3.63) is 0 Å². The van der Waals surface area contributed by atoms with Gasteiger partial charge in [-0.2, -0.15) is 0 Å². The first-order chi connectivity index (χ1) is 7.22. The number of hydrogen-bond acceptors (Lipinski definition) is 5. The fourth-order valence-electron chi connectivity index (χ4n) is 1.31. The minimum atomic E-state index is -3.83. The lowest BCUT2D eigenvalue weighted by atomic mass is 10.1. The molecule has 1 unspecified atom stereocenters. The van der Waals surface area contributed by atoms with Gasteiger partial charge < -0.3 is 9.84 Å². The van der Waals surface area contributed by atoms with Gasteiger partial charge in [-0.05, 0) is 5.92 Å². The number of carboxylic acids is 1. The van der Waals surface area contributed by atoms with Crippen LogP contribution < -0.4 is 0 Å². The highest BCUT2D eigenvalue weighted by Gasteiger charge is 2.35. The molecule has 0 aromatic rings. The summed E-state index contributed by atoms with van der Waals surface area (Å²) in [5.41, 5.74) is 0. The van der Waals surface area contributed by atoms with Crippen LogP contribution in [0.4, 0.5) is 0 Å². The van der Waals surface area contributed by atoms with E-state index in [4.69, 9.17) is 5.11 Å². The van der Waals surface area contributed by atoms with Crippen molar-refractivity contribution in [2.24, 2.45) is 5.92 Å². The molecule has 0 aromatic heterocycles. The first kappa shape index (κ1) is 14.9. The molecule has 7 heteroatoms. The molecular weight excluding hydrogens is 236 g/mol. The van der Waals surface area contributed by atoms with Crippen LogP contribution in [-0.4, -0.2) is 43.6 Å². The van der Waals surface area contributed by atoms with Crippen molar-refractivity contribution in [3.8, 4) is 0 Å². The normalized spacial score (nSPS) is 13.5. The van der Waals surface area contributed by atoms with Gasteiger partial charge in [0.15, 0.2) is 15.1 Å². The Kier molecular flexibility index (Phi) is 5.43. The molecule has 0 heterocycles. The average molecular weight is 252 g/mol. The van der Waals surface area contributed by atoms with Crippen molar-refractivity contribution in [1.82, 2.24) is 0 Å². The van der Waals surface area contributed by atoms with Crippen LogP contribution in [0.1, 0.15) is 20.3 Å². The summed E-state index contributed by atoms with van der Waals surface area (Å²) in [6.45, 7) is 3.02. The Morgan fingerprint density at radius 2 is 1.81 bits per heavy atom. The minimum Gasteiger partial charge on any atom is -0.480 e. The number of rotatable bonds is 6. The van der Waals surface area contributed by atoms with Gasteiger partial charge in [0.1, 0.15) is 0 Å². The lowest BCUT2D eigenvalue weighted by Gasteiger charge is -2.16. The van der Waals surface area contributed by atoms with Crippen LogP contribution in [0.3, 0.4) is 0 Å². The van der Waals surface area contributed by atoms with Crippen molar-refractivity contribution in [2.75, 3.05) is 12.9 Å². The number of sulfone groups is 1. The topological polar surface area (TPSA) is 97.7 Å². The molecule has 1 atom stereocenters. The fraction of sp³-hybridized carbons (Fsp3) is 0.778. The molecule has 0 bridgehead atoms. The summed E-state index contributed by atoms with van der Waals surface area (Å²) in [4.78, 5) is 21.6. The van der Waals surface area contributed by atoms with Crippen molar-refractivity contribution in [3.63, 3.8) is 0 Å². The van der Waals surface area contributed by atoms with E-state index in [2.05, 4.69) is 4.74 Å². The Morgan fingerprint density at radius 1 is 1.31 bits per heavy atom. The summed E-state index contributed by atoms with van der Waals surface area (Å²) in [6.07, 6.45) is -0.324. The average Bonchev–Trinajstić information content (AvgIpc) is 2.12. The van der Waals surface area contributed by atoms with Gasteiger partial charge in [-0.25, -0.2) is 8.42 Å². The van der Waals surface area contributed by atoms with E-state index in [-0.39, 0.29) is 6.42 Å². The Morgan fingerprint density at radius 3 is 2.12 bits per heavy atom. The molecule has 0 rings (SSSR count). The second-order valence-corrected chi connectivity index (χ2v) is 5.94. The number of esters is 1. The van der Waals surface area contributed by atoms with Gasteiger partial charge in [0.05, 0.1) is 19.3 Å². The lowest BCUT2D eigenvalue weighted by molar-refractivity contribution is -0.140. The number of hydrogen-bond donors (Lipinski definition) is 1. The molecule has 0 saturated carbocycles. The molecule has 0 aliphatic heterocycles. The zero-order chi connectivity index (χ0) is 12.9. The third-order valence-corrected chi connectivity index (χ3v) is 4.35. The summed E-state index contributed by atoms with van der Waals surface area (Å²) in [7, 11) is -2.68. The van der Waals surface area contributed by atoms with Crippen LogP contribution in [0.25, 0.3) is 0 Å². The maximum absolute atomic E-state index is 11.6. The maximum atomic E-state index is 11.6. The van der Waals surface area contributed by atoms with Crippen LogP contribution >= 0.6 is 0 Å². The van der Waals surface area contributed by atoms with E-state index in [9.17, 15) is 18.0 Å². The van der Waals surface area contributed by atoms with Gasteiger partial charge >= 0.3 is 11.9 Å². The highest BCUT2D eigenvalue weighted by molar-refractivity contribution is 7.92. The Hall–Kier alpha value is -1.11. The van der Waals surface area contributed by atoms with Crippen LogP contribution in [-0.2, 0) is 24.2 Å². The molecule has 0 amide bonds. The molecule has 0 spiro atoms. The number of methoxy groups -OCH3 is 1. The number of carbonyl (C=O) groups is 2. The van der Waals surface area contributed by atoms with Crippen molar-refractivity contribution in [2.45, 2.75) is 25.5 Å². The van der Waals surface area contributed by atoms with E-state index in [0.29, 0.717) is 0 Å². The third kappa shape index (κ3) is 4.18. The molecule has 1 N–H and O–H groups in total. The largest absolute Gasteiger partial charge is 0.480 e. The number of ether oxygens (including phenoxy) is 1. The van der Waals surface area contributed by atoms with Gasteiger partial charge in [0, 0.05) is 0 Å². The van der Waals surface area contributed by atoms with Gasteiger partial charge in [-0.1, -0.05) is 13.8 Å². The van der Waals surface area contributed by atoms with E-state index < -0.39 is 38.7 Å². The van der Waals surface area contributed by atoms with Crippen molar-refractivity contribution < 1.29 is 27.9 Å². The van der Waals surface area contributed by atoms with E-state index in [1.165, 1.54) is 13.8 Å². The van der Waals surface area contributed by atoms with E-state index in [1.807, 2.05) is 0 Å². The maximum Gasteiger partial charge on any atom is 0.322 e. The quantitative estimate of drug-likeness (QED) is 0.672. The van der Waals surface area contributed by atoms with Gasteiger partial charge in [0.25, 0.3) is 0 Å². The zero-order valence-corrected chi connectivity index (χ0v) is 10.3. The molecule has 6 nitrogen and oxygen atoms in total. The van der Waals surface area contributed by atoms with Gasteiger partial charge in [-0.15, -0.1) is 0 Å². The first-order valence-electron chi connectivity index (χ1n) is 4.73. The first-order valence-corrected chi connectivity index (χ1v) is 6.45. The molecule has 0 fully saturated rings. The SMILES string of the molecule is COC(=O)CCS(=O)(=O)C(C(=O)O)C(C)C. The number of aliphatic carboxylic acids is 1. The van der Waals surface area contributed by atoms with Crippen LogP contribution in [0, 0.1) is 5.92 Å². The Bertz CT molecular complexity index is 356. The van der Waals surface area contributed by atoms with E-state index in [0.717, 1.165) is 7.11 Å². The van der Waals surface area contributed by atoms with Crippen LogP contribution in [0.5, 0.6) is 0 Å². The molecule has 0 aromatic carbocycles. The smallest absolute Gasteiger partial charge is 0.322 e. The molecular formula is C9H16O6S. The van der Waals surface area contributed by atoms with Crippen LogP contribution in [0.15, 0.2) is 0 Å². The van der Waals surface area contributed by atoms with Gasteiger partial charge in [0.2, 0.25) is 0 Å². The molecule has 0 radical (unpaired) electrons. The predicted octanol–water partition coefficient (Wildman–Crippen LogP) is 0.0735. The second-order valence-electron chi connectivity index (χ2n) is 3.70. The fourth-order valence-corrected chi connectivity index (χ4v) is 3.15. The summed E-state index contributed by atoms with van der Waals surface area (Å²) in [6, 6.07) is 0.